The molecule has 0 amide bonds. The van der Waals surface area contributed by atoms with E-state index in [1.54, 1.807) is 0 Å². The minimum Gasteiger partial charge on any atom is -0.241 e. The van der Waals surface area contributed by atoms with E-state index >= 15 is 0 Å². The molecule has 3 rings (SSSR count). The molecule has 27 heavy (non-hydrogen) atoms. The van der Waals surface area contributed by atoms with Gasteiger partial charge in [0.05, 0.1) is 0 Å². The van der Waals surface area contributed by atoms with E-state index in [0.29, 0.717) is 0 Å². The number of unbranched alkanes of at least 4 members (excludes halogenated alkanes) is 2. The molecule has 0 spiro atoms. The fourth-order valence-electron chi connectivity index (χ4n) is 5.75. The lowest BCUT2D eigenvalue weighted by atomic mass is 9.66. The first-order valence-electron chi connectivity index (χ1n) is 12.1. The minimum absolute atomic E-state index is 0.828. The van der Waals surface area contributed by atoms with Gasteiger partial charge in [-0.2, -0.15) is 0 Å². The van der Waals surface area contributed by atoms with Gasteiger partial charge in [0, 0.05) is 18.8 Å². The van der Waals surface area contributed by atoms with Crippen LogP contribution in [0.3, 0.4) is 0 Å². The topological polar surface area (TPSA) is 25.8 Å². The van der Waals surface area contributed by atoms with Gasteiger partial charge in [0.15, 0.2) is 0 Å². The normalized spacial score (nSPS) is 25.4. The van der Waals surface area contributed by atoms with Crippen LogP contribution in [-0.4, -0.2) is 9.97 Å². The number of aromatic nitrogens is 2. The third kappa shape index (κ3) is 6.29. The van der Waals surface area contributed by atoms with Crippen LogP contribution in [0.25, 0.3) is 0 Å². The zero-order chi connectivity index (χ0) is 18.9. The Kier molecular flexibility index (Phi) is 8.61. The molecule has 152 valence electrons. The number of hydrogen-bond donors (Lipinski definition) is 0. The Morgan fingerprint density at radius 1 is 0.852 bits per heavy atom. The number of rotatable bonds is 9. The van der Waals surface area contributed by atoms with E-state index in [9.17, 15) is 0 Å². The van der Waals surface area contributed by atoms with Gasteiger partial charge in [-0.1, -0.05) is 84.5 Å². The standard InChI is InChI=1S/C25H42N2/c1-3-5-7-10-21-13-15-23(16-14-21)24(22-11-8-6-9-12-22)17-25-26-18-20(4-2)19-27-25/h18-19,21-24H,3-17H2,1-2H3. The van der Waals surface area contributed by atoms with Crippen LogP contribution >= 0.6 is 0 Å². The Balaban J connectivity index is 1.60. The lowest BCUT2D eigenvalue weighted by Crippen LogP contribution is -2.31. The van der Waals surface area contributed by atoms with E-state index in [4.69, 9.17) is 9.97 Å². The van der Waals surface area contributed by atoms with Crippen molar-refractivity contribution in [1.29, 1.82) is 0 Å². The third-order valence-corrected chi connectivity index (χ3v) is 7.55. The molecule has 2 nitrogen and oxygen atoms in total. The first kappa shape index (κ1) is 20.8. The minimum atomic E-state index is 0.828. The second-order valence-electron chi connectivity index (χ2n) is 9.40. The van der Waals surface area contributed by atoms with Crippen molar-refractivity contribution < 1.29 is 0 Å². The summed E-state index contributed by atoms with van der Waals surface area (Å²) in [5.41, 5.74) is 1.26. The second kappa shape index (κ2) is 11.2. The molecule has 0 bridgehead atoms. The summed E-state index contributed by atoms with van der Waals surface area (Å²) in [5, 5.41) is 0. The summed E-state index contributed by atoms with van der Waals surface area (Å²) in [7, 11) is 0. The molecular formula is C25H42N2. The highest BCUT2D eigenvalue weighted by molar-refractivity contribution is 5.05. The van der Waals surface area contributed by atoms with Gasteiger partial charge < -0.3 is 0 Å². The highest BCUT2D eigenvalue weighted by atomic mass is 14.9. The maximum absolute atomic E-state index is 4.73. The quantitative estimate of drug-likeness (QED) is 0.431. The van der Waals surface area contributed by atoms with E-state index in [1.807, 2.05) is 0 Å². The predicted molar refractivity (Wildman–Crippen MR) is 115 cm³/mol. The molecule has 2 saturated carbocycles. The average Bonchev–Trinajstić information content (AvgIpc) is 2.74. The molecular weight excluding hydrogens is 328 g/mol. The third-order valence-electron chi connectivity index (χ3n) is 7.55. The fraction of sp³-hybridized carbons (Fsp3) is 0.840. The second-order valence-corrected chi connectivity index (χ2v) is 9.40. The summed E-state index contributed by atoms with van der Waals surface area (Å²) in [5.74, 6) is 4.79. The maximum Gasteiger partial charge on any atom is 0.128 e. The van der Waals surface area contributed by atoms with Gasteiger partial charge in [0.25, 0.3) is 0 Å². The van der Waals surface area contributed by atoms with Gasteiger partial charge in [0.1, 0.15) is 5.82 Å². The summed E-state index contributed by atoms with van der Waals surface area (Å²) in [6, 6.07) is 0. The van der Waals surface area contributed by atoms with Crippen molar-refractivity contribution in [2.45, 2.75) is 110 Å². The van der Waals surface area contributed by atoms with Gasteiger partial charge >= 0.3 is 0 Å². The van der Waals surface area contributed by atoms with E-state index in [0.717, 1.165) is 42.3 Å². The SMILES string of the molecule is CCCCCC1CCC(C(Cc2ncc(CC)cn2)C2CCCCC2)CC1. The van der Waals surface area contributed by atoms with Crippen LogP contribution in [-0.2, 0) is 12.8 Å². The predicted octanol–water partition coefficient (Wildman–Crippen LogP) is 7.16. The van der Waals surface area contributed by atoms with Gasteiger partial charge in [-0.05, 0) is 48.5 Å². The highest BCUT2D eigenvalue weighted by Gasteiger charge is 2.33. The van der Waals surface area contributed by atoms with Crippen LogP contribution in [0, 0.1) is 23.7 Å². The molecule has 2 heteroatoms. The van der Waals surface area contributed by atoms with Gasteiger partial charge in [-0.15, -0.1) is 0 Å². The van der Waals surface area contributed by atoms with Crippen molar-refractivity contribution in [3.8, 4) is 0 Å². The Morgan fingerprint density at radius 2 is 1.52 bits per heavy atom. The zero-order valence-electron chi connectivity index (χ0n) is 18.0. The largest absolute Gasteiger partial charge is 0.241 e. The molecule has 0 N–H and O–H groups in total. The lowest BCUT2D eigenvalue weighted by Gasteiger charge is -2.39. The van der Waals surface area contributed by atoms with Crippen LogP contribution in [0.15, 0.2) is 12.4 Å². The van der Waals surface area contributed by atoms with Crippen LogP contribution in [0.5, 0.6) is 0 Å². The van der Waals surface area contributed by atoms with Crippen LogP contribution < -0.4 is 0 Å². The van der Waals surface area contributed by atoms with Crippen molar-refractivity contribution in [3.05, 3.63) is 23.8 Å². The number of hydrogen-bond acceptors (Lipinski definition) is 2. The molecule has 0 aliphatic heterocycles. The summed E-state index contributed by atoms with van der Waals surface area (Å²) in [6.07, 6.45) is 25.1. The Morgan fingerprint density at radius 3 is 2.15 bits per heavy atom. The van der Waals surface area contributed by atoms with Crippen molar-refractivity contribution in [3.63, 3.8) is 0 Å². The van der Waals surface area contributed by atoms with Crippen LogP contribution in [0.1, 0.15) is 109 Å². The summed E-state index contributed by atoms with van der Waals surface area (Å²) < 4.78 is 0. The van der Waals surface area contributed by atoms with Gasteiger partial charge in [0.2, 0.25) is 0 Å². The Hall–Kier alpha value is -0.920. The van der Waals surface area contributed by atoms with Crippen molar-refractivity contribution in [2.24, 2.45) is 23.7 Å². The number of aryl methyl sites for hydroxylation is 1. The van der Waals surface area contributed by atoms with Crippen LogP contribution in [0.4, 0.5) is 0 Å². The first-order chi connectivity index (χ1) is 13.3. The van der Waals surface area contributed by atoms with E-state index in [1.165, 1.54) is 89.0 Å². The molecule has 1 aromatic heterocycles. The van der Waals surface area contributed by atoms with Crippen molar-refractivity contribution in [2.75, 3.05) is 0 Å². The smallest absolute Gasteiger partial charge is 0.128 e. The van der Waals surface area contributed by atoms with Crippen molar-refractivity contribution in [1.82, 2.24) is 9.97 Å². The highest BCUT2D eigenvalue weighted by Crippen LogP contribution is 2.43. The number of nitrogens with zero attached hydrogens (tertiary/aromatic N) is 2. The summed E-state index contributed by atoms with van der Waals surface area (Å²) >= 11 is 0. The molecule has 0 radical (unpaired) electrons. The molecule has 1 heterocycles. The Labute approximate surface area is 168 Å². The summed E-state index contributed by atoms with van der Waals surface area (Å²) in [6.45, 7) is 4.50. The van der Waals surface area contributed by atoms with Crippen LogP contribution in [0.2, 0.25) is 0 Å². The van der Waals surface area contributed by atoms with E-state index in [-0.39, 0.29) is 0 Å². The average molecular weight is 371 g/mol. The molecule has 2 aliphatic carbocycles. The molecule has 1 atom stereocenters. The molecule has 2 aliphatic rings. The Bertz CT molecular complexity index is 510. The monoisotopic (exact) mass is 370 g/mol. The van der Waals surface area contributed by atoms with Crippen molar-refractivity contribution >= 4 is 0 Å². The van der Waals surface area contributed by atoms with E-state index < -0.39 is 0 Å². The molecule has 1 aromatic rings. The van der Waals surface area contributed by atoms with Gasteiger partial charge in [-0.3, -0.25) is 0 Å². The van der Waals surface area contributed by atoms with Gasteiger partial charge in [-0.25, -0.2) is 9.97 Å². The van der Waals surface area contributed by atoms with E-state index in [2.05, 4.69) is 26.2 Å². The maximum atomic E-state index is 4.73. The first-order valence-corrected chi connectivity index (χ1v) is 12.1. The zero-order valence-corrected chi connectivity index (χ0v) is 18.0. The fourth-order valence-corrected chi connectivity index (χ4v) is 5.75. The lowest BCUT2D eigenvalue weighted by molar-refractivity contribution is 0.121. The molecule has 0 saturated heterocycles. The molecule has 1 unspecified atom stereocenters. The molecule has 2 fully saturated rings. The summed E-state index contributed by atoms with van der Waals surface area (Å²) in [4.78, 5) is 9.47. The molecule has 0 aromatic carbocycles.